The summed E-state index contributed by atoms with van der Waals surface area (Å²) < 4.78 is 5.91. The molecule has 7 heteroatoms. The Morgan fingerprint density at radius 2 is 2.30 bits per heavy atom. The third kappa shape index (κ3) is 2.50. The van der Waals surface area contributed by atoms with Gasteiger partial charge in [0.05, 0.1) is 28.3 Å². The molecule has 2 aromatic rings. The van der Waals surface area contributed by atoms with E-state index < -0.39 is 5.97 Å². The van der Waals surface area contributed by atoms with Crippen molar-refractivity contribution in [1.82, 2.24) is 4.98 Å². The molecule has 0 aliphatic carbocycles. The molecule has 0 radical (unpaired) electrons. The van der Waals surface area contributed by atoms with Crippen molar-refractivity contribution in [3.63, 3.8) is 0 Å². The fourth-order valence-electron chi connectivity index (χ4n) is 2.06. The van der Waals surface area contributed by atoms with Crippen LogP contribution >= 0.6 is 11.3 Å². The molecule has 2 heterocycles. The van der Waals surface area contributed by atoms with Gasteiger partial charge in [0.15, 0.2) is 5.13 Å². The van der Waals surface area contributed by atoms with Crippen molar-refractivity contribution in [3.8, 4) is 0 Å². The van der Waals surface area contributed by atoms with Crippen molar-refractivity contribution >= 4 is 38.6 Å². The lowest BCUT2D eigenvalue weighted by Crippen LogP contribution is -2.22. The summed E-state index contributed by atoms with van der Waals surface area (Å²) in [5.74, 6) is -1.20. The Hall–Kier alpha value is -1.99. The molecule has 0 spiro atoms. The monoisotopic (exact) mass is 292 g/mol. The summed E-state index contributed by atoms with van der Waals surface area (Å²) in [6.45, 7) is 1.06. The average molecular weight is 292 g/mol. The minimum atomic E-state index is -0.978. The molecule has 1 unspecified atom stereocenters. The van der Waals surface area contributed by atoms with Gasteiger partial charge in [0.1, 0.15) is 0 Å². The minimum Gasteiger partial charge on any atom is -0.478 e. The van der Waals surface area contributed by atoms with Crippen LogP contribution < -0.4 is 5.32 Å². The van der Waals surface area contributed by atoms with Gasteiger partial charge in [-0.05, 0) is 24.6 Å². The summed E-state index contributed by atoms with van der Waals surface area (Å²) in [6.07, 6.45) is 0.722. The van der Waals surface area contributed by atoms with E-state index in [1.807, 2.05) is 0 Å². The van der Waals surface area contributed by atoms with Crippen LogP contribution in [0.4, 0.5) is 5.13 Å². The third-order valence-corrected chi connectivity index (χ3v) is 4.10. The molecule has 104 valence electrons. The number of benzene rings is 1. The molecule has 1 aromatic carbocycles. The van der Waals surface area contributed by atoms with E-state index in [4.69, 9.17) is 9.84 Å². The lowest BCUT2D eigenvalue weighted by atomic mass is 10.1. The number of hydrogen-bond donors (Lipinski definition) is 2. The molecule has 1 saturated heterocycles. The summed E-state index contributed by atoms with van der Waals surface area (Å²) in [5, 5.41) is 12.2. The van der Waals surface area contributed by atoms with Gasteiger partial charge in [-0.25, -0.2) is 9.78 Å². The lowest BCUT2D eigenvalue weighted by molar-refractivity contribution is -0.119. The van der Waals surface area contributed by atoms with Gasteiger partial charge < -0.3 is 15.2 Å². The molecule has 6 nitrogen and oxygen atoms in total. The number of carboxylic acids is 1. The van der Waals surface area contributed by atoms with Gasteiger partial charge in [-0.2, -0.15) is 0 Å². The van der Waals surface area contributed by atoms with Crippen LogP contribution in [0.15, 0.2) is 18.2 Å². The van der Waals surface area contributed by atoms with E-state index in [2.05, 4.69) is 10.3 Å². The van der Waals surface area contributed by atoms with Gasteiger partial charge in [-0.15, -0.1) is 0 Å². The molecule has 20 heavy (non-hydrogen) atoms. The minimum absolute atomic E-state index is 0.0972. The first-order chi connectivity index (χ1) is 9.63. The van der Waals surface area contributed by atoms with Crippen LogP contribution in [-0.4, -0.2) is 35.2 Å². The largest absolute Gasteiger partial charge is 0.478 e. The fraction of sp³-hybridized carbons (Fsp3) is 0.308. The highest BCUT2D eigenvalue weighted by atomic mass is 32.1. The number of amides is 1. The van der Waals surface area contributed by atoms with Crippen LogP contribution in [0, 0.1) is 5.92 Å². The third-order valence-electron chi connectivity index (χ3n) is 3.17. The second-order valence-corrected chi connectivity index (χ2v) is 5.59. The number of anilines is 1. The van der Waals surface area contributed by atoms with E-state index in [1.54, 1.807) is 12.1 Å². The van der Waals surface area contributed by atoms with Crippen molar-refractivity contribution in [2.45, 2.75) is 6.42 Å². The standard InChI is InChI=1S/C13H12N2O4S/c16-11(8-3-4-19-6-8)15-13-14-9-2-1-7(12(17)18)5-10(9)20-13/h1-2,5,8H,3-4,6H2,(H,17,18)(H,14,15,16). The Labute approximate surface area is 118 Å². The Bertz CT molecular complexity index is 676. The number of aromatic nitrogens is 1. The summed E-state index contributed by atoms with van der Waals surface area (Å²) >= 11 is 1.27. The summed E-state index contributed by atoms with van der Waals surface area (Å²) in [4.78, 5) is 27.1. The van der Waals surface area contributed by atoms with Gasteiger partial charge in [0, 0.05) is 6.61 Å². The number of nitrogens with one attached hydrogen (secondary N) is 1. The number of thiazole rings is 1. The fourth-order valence-corrected chi connectivity index (χ4v) is 2.97. The first-order valence-corrected chi connectivity index (χ1v) is 6.97. The maximum atomic E-state index is 11.9. The molecular formula is C13H12N2O4S. The molecule has 1 aliphatic rings. The van der Waals surface area contributed by atoms with E-state index >= 15 is 0 Å². The van der Waals surface area contributed by atoms with Gasteiger partial charge in [0.25, 0.3) is 0 Å². The molecule has 1 fully saturated rings. The Morgan fingerprint density at radius 1 is 1.45 bits per heavy atom. The zero-order chi connectivity index (χ0) is 14.1. The molecule has 1 atom stereocenters. The van der Waals surface area contributed by atoms with E-state index in [0.29, 0.717) is 23.9 Å². The molecule has 1 amide bonds. The maximum absolute atomic E-state index is 11.9. The molecule has 2 N–H and O–H groups in total. The van der Waals surface area contributed by atoms with Crippen molar-refractivity contribution in [3.05, 3.63) is 23.8 Å². The smallest absolute Gasteiger partial charge is 0.335 e. The predicted octanol–water partition coefficient (Wildman–Crippen LogP) is 1.97. The van der Waals surface area contributed by atoms with Crippen LogP contribution in [-0.2, 0) is 9.53 Å². The van der Waals surface area contributed by atoms with E-state index in [1.165, 1.54) is 17.4 Å². The molecule has 0 saturated carbocycles. The van der Waals surface area contributed by atoms with Gasteiger partial charge in [0.2, 0.25) is 5.91 Å². The Balaban J connectivity index is 1.81. The quantitative estimate of drug-likeness (QED) is 0.903. The van der Waals surface area contributed by atoms with Crippen molar-refractivity contribution in [2.24, 2.45) is 5.92 Å². The van der Waals surface area contributed by atoms with E-state index in [9.17, 15) is 9.59 Å². The van der Waals surface area contributed by atoms with Gasteiger partial charge in [-0.1, -0.05) is 11.3 Å². The number of carbonyl (C=O) groups excluding carboxylic acids is 1. The topological polar surface area (TPSA) is 88.5 Å². The first-order valence-electron chi connectivity index (χ1n) is 6.16. The van der Waals surface area contributed by atoms with Crippen LogP contribution in [0.1, 0.15) is 16.8 Å². The first kappa shape index (κ1) is 13.0. The maximum Gasteiger partial charge on any atom is 0.335 e. The van der Waals surface area contributed by atoms with Crippen LogP contribution in [0.25, 0.3) is 10.2 Å². The summed E-state index contributed by atoms with van der Waals surface area (Å²) in [7, 11) is 0. The molecule has 0 bridgehead atoms. The lowest BCUT2D eigenvalue weighted by Gasteiger charge is -2.05. The number of fused-ring (bicyclic) bond motifs is 1. The number of rotatable bonds is 3. The highest BCUT2D eigenvalue weighted by Gasteiger charge is 2.24. The summed E-state index contributed by atoms with van der Waals surface area (Å²) in [6, 6.07) is 4.70. The van der Waals surface area contributed by atoms with Crippen LogP contribution in [0.5, 0.6) is 0 Å². The van der Waals surface area contributed by atoms with Crippen LogP contribution in [0.2, 0.25) is 0 Å². The molecule has 3 rings (SSSR count). The highest BCUT2D eigenvalue weighted by Crippen LogP contribution is 2.27. The number of hydrogen-bond acceptors (Lipinski definition) is 5. The Morgan fingerprint density at radius 3 is 3.00 bits per heavy atom. The normalized spacial score (nSPS) is 18.3. The van der Waals surface area contributed by atoms with Gasteiger partial charge in [-0.3, -0.25) is 4.79 Å². The van der Waals surface area contributed by atoms with Crippen molar-refractivity contribution in [2.75, 3.05) is 18.5 Å². The van der Waals surface area contributed by atoms with E-state index in [0.717, 1.165) is 11.1 Å². The van der Waals surface area contributed by atoms with Crippen molar-refractivity contribution < 1.29 is 19.4 Å². The predicted molar refractivity (Wildman–Crippen MR) is 74.1 cm³/mol. The average Bonchev–Trinajstić information content (AvgIpc) is 3.06. The second kappa shape index (κ2) is 5.18. The summed E-state index contributed by atoms with van der Waals surface area (Å²) in [5.41, 5.74) is 0.890. The zero-order valence-electron chi connectivity index (χ0n) is 10.5. The number of aromatic carboxylic acids is 1. The number of carbonyl (C=O) groups is 2. The number of carboxylic acid groups (broad SMARTS) is 1. The Kier molecular flexibility index (Phi) is 3.37. The van der Waals surface area contributed by atoms with Gasteiger partial charge >= 0.3 is 5.97 Å². The number of nitrogens with zero attached hydrogens (tertiary/aromatic N) is 1. The molecule has 1 aliphatic heterocycles. The zero-order valence-corrected chi connectivity index (χ0v) is 11.3. The van der Waals surface area contributed by atoms with Crippen LogP contribution in [0.3, 0.4) is 0 Å². The highest BCUT2D eigenvalue weighted by molar-refractivity contribution is 7.22. The van der Waals surface area contributed by atoms with Crippen molar-refractivity contribution in [1.29, 1.82) is 0 Å². The SMILES string of the molecule is O=C(O)c1ccc2nc(NC(=O)C3CCOC3)sc2c1. The molecule has 1 aromatic heterocycles. The van der Waals surface area contributed by atoms with E-state index in [-0.39, 0.29) is 17.4 Å². The number of ether oxygens (including phenoxy) is 1. The molecular weight excluding hydrogens is 280 g/mol. The second-order valence-electron chi connectivity index (χ2n) is 4.56.